The molecule has 0 spiro atoms. The number of carbonyl (C=O) groups is 1. The van der Waals surface area contributed by atoms with E-state index >= 15 is 0 Å². The summed E-state index contributed by atoms with van der Waals surface area (Å²) in [5.41, 5.74) is 5.57. The summed E-state index contributed by atoms with van der Waals surface area (Å²) in [6.45, 7) is 0.750. The summed E-state index contributed by atoms with van der Waals surface area (Å²) in [7, 11) is 0. The largest absolute Gasteiger partial charge is 0.393 e. The molecule has 0 aromatic rings. The number of ether oxygens (including phenoxy) is 1. The molecule has 0 bridgehead atoms. The topological polar surface area (TPSA) is 96.6 Å². The highest BCUT2D eigenvalue weighted by Crippen LogP contribution is 2.15. The first kappa shape index (κ1) is 13.5. The van der Waals surface area contributed by atoms with E-state index in [1.54, 1.807) is 0 Å². The van der Waals surface area contributed by atoms with Crippen molar-refractivity contribution in [1.29, 1.82) is 0 Å². The monoisotopic (exact) mass is 251 g/mol. The first-order chi connectivity index (χ1) is 7.61. The van der Waals surface area contributed by atoms with Gasteiger partial charge in [0.1, 0.15) is 6.23 Å². The van der Waals surface area contributed by atoms with Gasteiger partial charge in [-0.25, -0.2) is 4.79 Å². The Morgan fingerprint density at radius 2 is 2.25 bits per heavy atom. The van der Waals surface area contributed by atoms with Gasteiger partial charge >= 0.3 is 6.03 Å². The van der Waals surface area contributed by atoms with Crippen LogP contribution < -0.4 is 16.4 Å². The number of alkyl halides is 1. The number of amides is 2. The van der Waals surface area contributed by atoms with Crippen LogP contribution in [0.2, 0.25) is 0 Å². The van der Waals surface area contributed by atoms with Crippen LogP contribution in [-0.4, -0.2) is 48.5 Å². The first-order valence-corrected chi connectivity index (χ1v) is 5.82. The van der Waals surface area contributed by atoms with E-state index in [-0.39, 0.29) is 12.1 Å². The number of aliphatic hydroxyl groups excluding tert-OH is 1. The molecule has 94 valence electrons. The van der Waals surface area contributed by atoms with Gasteiger partial charge in [0.25, 0.3) is 0 Å². The highest BCUT2D eigenvalue weighted by Gasteiger charge is 2.26. The summed E-state index contributed by atoms with van der Waals surface area (Å²) in [5.74, 6) is 0.372. The Morgan fingerprint density at radius 1 is 1.50 bits per heavy atom. The van der Waals surface area contributed by atoms with Crippen molar-refractivity contribution in [3.05, 3.63) is 0 Å². The molecular formula is C9H18ClN3O3. The summed E-state index contributed by atoms with van der Waals surface area (Å²) >= 11 is 5.42. The molecule has 0 aromatic carbocycles. The molecular weight excluding hydrogens is 234 g/mol. The van der Waals surface area contributed by atoms with Crippen LogP contribution in [0.4, 0.5) is 4.79 Å². The Balaban J connectivity index is 2.18. The zero-order chi connectivity index (χ0) is 12.0. The fourth-order valence-electron chi connectivity index (χ4n) is 1.59. The molecule has 1 heterocycles. The van der Waals surface area contributed by atoms with Gasteiger partial charge in [0, 0.05) is 31.8 Å². The average Bonchev–Trinajstić information content (AvgIpc) is 2.22. The van der Waals surface area contributed by atoms with Gasteiger partial charge in [-0.15, -0.1) is 11.6 Å². The van der Waals surface area contributed by atoms with Crippen LogP contribution in [-0.2, 0) is 4.74 Å². The van der Waals surface area contributed by atoms with Crippen molar-refractivity contribution in [2.24, 2.45) is 5.73 Å². The van der Waals surface area contributed by atoms with Crippen LogP contribution in [0.5, 0.6) is 0 Å². The van der Waals surface area contributed by atoms with Crippen molar-refractivity contribution in [1.82, 2.24) is 10.6 Å². The molecule has 0 saturated carbocycles. The van der Waals surface area contributed by atoms with Gasteiger partial charge < -0.3 is 26.2 Å². The quantitative estimate of drug-likeness (QED) is 0.499. The summed E-state index contributed by atoms with van der Waals surface area (Å²) in [5, 5.41) is 14.6. The maximum absolute atomic E-state index is 11.2. The van der Waals surface area contributed by atoms with E-state index < -0.39 is 12.3 Å². The van der Waals surface area contributed by atoms with Crippen LogP contribution in [0.25, 0.3) is 0 Å². The second kappa shape index (κ2) is 6.90. The SMILES string of the molecule is N[C@H]1C[C@@H](O)C[C@@H](CNC(=O)NCCCl)O1. The Kier molecular flexibility index (Phi) is 5.83. The van der Waals surface area contributed by atoms with E-state index in [9.17, 15) is 9.90 Å². The van der Waals surface area contributed by atoms with Crippen molar-refractivity contribution in [2.75, 3.05) is 19.0 Å². The molecule has 1 fully saturated rings. The van der Waals surface area contributed by atoms with Gasteiger partial charge in [-0.3, -0.25) is 0 Å². The lowest BCUT2D eigenvalue weighted by atomic mass is 10.0. The molecule has 5 N–H and O–H groups in total. The molecule has 6 nitrogen and oxygen atoms in total. The number of aliphatic hydroxyl groups is 1. The van der Waals surface area contributed by atoms with Gasteiger partial charge in [-0.1, -0.05) is 0 Å². The maximum atomic E-state index is 11.2. The molecule has 7 heteroatoms. The molecule has 1 aliphatic heterocycles. The third-order valence-electron chi connectivity index (χ3n) is 2.28. The molecule has 0 aliphatic carbocycles. The number of nitrogens with one attached hydrogen (secondary N) is 2. The molecule has 0 aromatic heterocycles. The number of carbonyl (C=O) groups excluding carboxylic acids is 1. The zero-order valence-electron chi connectivity index (χ0n) is 8.99. The normalized spacial score (nSPS) is 29.8. The molecule has 1 rings (SSSR count). The van der Waals surface area contributed by atoms with E-state index in [1.807, 2.05) is 0 Å². The van der Waals surface area contributed by atoms with Crippen molar-refractivity contribution in [2.45, 2.75) is 31.3 Å². The number of halogens is 1. The third-order valence-corrected chi connectivity index (χ3v) is 2.47. The van der Waals surface area contributed by atoms with Gasteiger partial charge in [0.05, 0.1) is 12.2 Å². The second-order valence-corrected chi connectivity index (χ2v) is 4.13. The summed E-state index contributed by atoms with van der Waals surface area (Å²) in [4.78, 5) is 11.2. The maximum Gasteiger partial charge on any atom is 0.314 e. The number of hydrogen-bond donors (Lipinski definition) is 4. The highest BCUT2D eigenvalue weighted by molar-refractivity contribution is 6.18. The van der Waals surface area contributed by atoms with Gasteiger partial charge in [0.15, 0.2) is 0 Å². The zero-order valence-corrected chi connectivity index (χ0v) is 9.74. The standard InChI is InChI=1S/C9H18ClN3O3/c10-1-2-12-9(15)13-5-7-3-6(14)4-8(11)16-7/h6-8,14H,1-5,11H2,(H2,12,13,15)/t6-,7-,8+/m0/s1. The molecule has 1 aliphatic rings. The van der Waals surface area contributed by atoms with Gasteiger partial charge in [0.2, 0.25) is 0 Å². The van der Waals surface area contributed by atoms with Crippen LogP contribution in [0.1, 0.15) is 12.8 Å². The molecule has 3 atom stereocenters. The minimum Gasteiger partial charge on any atom is -0.393 e. The van der Waals surface area contributed by atoms with Crippen LogP contribution in [0, 0.1) is 0 Å². The van der Waals surface area contributed by atoms with E-state index in [0.29, 0.717) is 31.8 Å². The van der Waals surface area contributed by atoms with E-state index in [1.165, 1.54) is 0 Å². The molecule has 0 radical (unpaired) electrons. The summed E-state index contributed by atoms with van der Waals surface area (Å²) < 4.78 is 5.36. The minimum absolute atomic E-state index is 0.236. The Bertz CT molecular complexity index is 220. The van der Waals surface area contributed by atoms with Crippen LogP contribution in [0.15, 0.2) is 0 Å². The number of rotatable bonds is 4. The molecule has 0 unspecified atom stereocenters. The van der Waals surface area contributed by atoms with Crippen molar-refractivity contribution >= 4 is 17.6 Å². The molecule has 1 saturated heterocycles. The summed E-state index contributed by atoms with van der Waals surface area (Å²) in [6.07, 6.45) is -0.221. The van der Waals surface area contributed by atoms with Crippen LogP contribution >= 0.6 is 11.6 Å². The van der Waals surface area contributed by atoms with E-state index in [4.69, 9.17) is 22.1 Å². The number of hydrogen-bond acceptors (Lipinski definition) is 4. The smallest absolute Gasteiger partial charge is 0.314 e. The first-order valence-electron chi connectivity index (χ1n) is 5.28. The lowest BCUT2D eigenvalue weighted by molar-refractivity contribution is -0.0898. The van der Waals surface area contributed by atoms with Crippen molar-refractivity contribution < 1.29 is 14.6 Å². The Morgan fingerprint density at radius 3 is 2.88 bits per heavy atom. The Hall–Kier alpha value is -0.560. The van der Waals surface area contributed by atoms with Gasteiger partial charge in [-0.05, 0) is 0 Å². The second-order valence-electron chi connectivity index (χ2n) is 3.75. The highest BCUT2D eigenvalue weighted by atomic mass is 35.5. The lowest BCUT2D eigenvalue weighted by Crippen LogP contribution is -2.47. The minimum atomic E-state index is -0.457. The van der Waals surface area contributed by atoms with E-state index in [2.05, 4.69) is 10.6 Å². The third kappa shape index (κ3) is 4.98. The number of nitrogens with two attached hydrogens (primary N) is 1. The van der Waals surface area contributed by atoms with Crippen LogP contribution in [0.3, 0.4) is 0 Å². The summed E-state index contributed by atoms with van der Waals surface area (Å²) in [6, 6.07) is -0.294. The predicted molar refractivity (Wildman–Crippen MR) is 60.2 cm³/mol. The fourth-order valence-corrected chi connectivity index (χ4v) is 1.68. The Labute approximate surface area is 99.5 Å². The van der Waals surface area contributed by atoms with E-state index in [0.717, 1.165) is 0 Å². The average molecular weight is 252 g/mol. The fraction of sp³-hybridized carbons (Fsp3) is 0.889. The van der Waals surface area contributed by atoms with Crippen molar-refractivity contribution in [3.8, 4) is 0 Å². The molecule has 16 heavy (non-hydrogen) atoms. The number of urea groups is 1. The predicted octanol–water partition coefficient (Wildman–Crippen LogP) is -0.651. The molecule has 2 amide bonds. The lowest BCUT2D eigenvalue weighted by Gasteiger charge is -2.31. The van der Waals surface area contributed by atoms with Crippen molar-refractivity contribution in [3.63, 3.8) is 0 Å². The van der Waals surface area contributed by atoms with Gasteiger partial charge in [-0.2, -0.15) is 0 Å².